The van der Waals surface area contributed by atoms with Gasteiger partial charge in [0.2, 0.25) is 0 Å². The average Bonchev–Trinajstić information content (AvgIpc) is 3.36. The Kier molecular flexibility index (Phi) is 6.18. The average molecular weight is 509 g/mol. The molecule has 0 amide bonds. The van der Waals surface area contributed by atoms with Crippen molar-refractivity contribution < 1.29 is 30.3 Å². The molecule has 13 atom stereocenters. The Hall–Kier alpha value is -0.240. The highest BCUT2D eigenvalue weighted by molar-refractivity contribution is 5.22. The lowest BCUT2D eigenvalue weighted by Gasteiger charge is -2.71. The second-order valence-corrected chi connectivity index (χ2v) is 15.5. The van der Waals surface area contributed by atoms with Gasteiger partial charge in [-0.15, -0.1) is 0 Å². The molecular formula is C30H52O6. The summed E-state index contributed by atoms with van der Waals surface area (Å²) in [6.45, 7) is 14.8. The zero-order valence-corrected chi connectivity index (χ0v) is 23.6. The van der Waals surface area contributed by atoms with Crippen molar-refractivity contribution >= 4 is 0 Å². The Morgan fingerprint density at radius 1 is 0.861 bits per heavy atom. The molecule has 36 heavy (non-hydrogen) atoms. The summed E-state index contributed by atoms with van der Waals surface area (Å²) in [4.78, 5) is 0. The summed E-state index contributed by atoms with van der Waals surface area (Å²) in [5.41, 5.74) is -2.48. The van der Waals surface area contributed by atoms with Crippen LogP contribution in [0.5, 0.6) is 0 Å². The molecule has 0 bridgehead atoms. The van der Waals surface area contributed by atoms with Crippen molar-refractivity contribution in [2.75, 3.05) is 6.61 Å². The van der Waals surface area contributed by atoms with Crippen molar-refractivity contribution in [1.82, 2.24) is 0 Å². The van der Waals surface area contributed by atoms with Gasteiger partial charge < -0.3 is 30.3 Å². The van der Waals surface area contributed by atoms with E-state index in [-0.39, 0.29) is 51.9 Å². The van der Waals surface area contributed by atoms with Crippen LogP contribution >= 0.6 is 0 Å². The third kappa shape index (κ3) is 3.37. The Morgan fingerprint density at radius 2 is 1.53 bits per heavy atom. The molecule has 208 valence electrons. The van der Waals surface area contributed by atoms with E-state index in [9.17, 15) is 25.5 Å². The summed E-state index contributed by atoms with van der Waals surface area (Å²) < 4.78 is 6.57. The molecular weight excluding hydrogens is 456 g/mol. The predicted molar refractivity (Wildman–Crippen MR) is 138 cm³/mol. The van der Waals surface area contributed by atoms with Crippen molar-refractivity contribution in [2.24, 2.45) is 45.3 Å². The minimum absolute atomic E-state index is 0.00790. The van der Waals surface area contributed by atoms with Crippen LogP contribution in [0.1, 0.15) is 99.8 Å². The van der Waals surface area contributed by atoms with Crippen LogP contribution in [-0.4, -0.2) is 67.8 Å². The largest absolute Gasteiger partial charge is 0.393 e. The molecule has 0 radical (unpaired) electrons. The molecule has 0 aromatic rings. The molecule has 5 N–H and O–H groups in total. The van der Waals surface area contributed by atoms with E-state index in [0.29, 0.717) is 12.8 Å². The van der Waals surface area contributed by atoms with Crippen molar-refractivity contribution in [3.63, 3.8) is 0 Å². The van der Waals surface area contributed by atoms with Gasteiger partial charge in [0.15, 0.2) is 0 Å². The van der Waals surface area contributed by atoms with Gasteiger partial charge >= 0.3 is 0 Å². The van der Waals surface area contributed by atoms with Crippen molar-refractivity contribution in [2.45, 2.75) is 135 Å². The number of hydrogen-bond acceptors (Lipinski definition) is 6. The van der Waals surface area contributed by atoms with E-state index in [1.54, 1.807) is 6.92 Å². The Bertz CT molecular complexity index is 874. The van der Waals surface area contributed by atoms with Crippen LogP contribution in [0, 0.1) is 45.3 Å². The van der Waals surface area contributed by atoms with Gasteiger partial charge in [-0.05, 0) is 111 Å². The first-order valence-electron chi connectivity index (χ1n) is 14.5. The fraction of sp³-hybridized carbons (Fsp3) is 1.00. The number of aliphatic hydroxyl groups is 5. The molecule has 1 saturated heterocycles. The maximum absolute atomic E-state index is 11.9. The topological polar surface area (TPSA) is 110 Å². The molecule has 0 aromatic heterocycles. The second kappa shape index (κ2) is 8.14. The van der Waals surface area contributed by atoms with E-state index in [2.05, 4.69) is 41.5 Å². The van der Waals surface area contributed by atoms with Gasteiger partial charge in [0, 0.05) is 0 Å². The fourth-order valence-corrected chi connectivity index (χ4v) is 11.3. The van der Waals surface area contributed by atoms with Gasteiger partial charge in [0.1, 0.15) is 5.60 Å². The summed E-state index contributed by atoms with van der Waals surface area (Å²) in [5.74, 6) is 0.520. The summed E-state index contributed by atoms with van der Waals surface area (Å²) in [5, 5.41) is 55.0. The lowest BCUT2D eigenvalue weighted by Crippen LogP contribution is -2.69. The van der Waals surface area contributed by atoms with Crippen LogP contribution in [0.25, 0.3) is 0 Å². The van der Waals surface area contributed by atoms with Crippen molar-refractivity contribution in [3.8, 4) is 0 Å². The molecule has 6 nitrogen and oxygen atoms in total. The zero-order valence-electron chi connectivity index (χ0n) is 23.6. The van der Waals surface area contributed by atoms with E-state index < -0.39 is 35.6 Å². The van der Waals surface area contributed by atoms with Gasteiger partial charge in [-0.3, -0.25) is 0 Å². The van der Waals surface area contributed by atoms with Crippen LogP contribution in [0.4, 0.5) is 0 Å². The van der Waals surface area contributed by atoms with Gasteiger partial charge in [-0.2, -0.15) is 0 Å². The minimum atomic E-state index is -1.27. The predicted octanol–water partition coefficient (Wildman–Crippen LogP) is 3.66. The number of ether oxygens (including phenoxy) is 1. The van der Waals surface area contributed by atoms with Gasteiger partial charge in [-0.1, -0.05) is 34.6 Å². The third-order valence-electron chi connectivity index (χ3n) is 13.4. The molecule has 1 heterocycles. The molecule has 4 aliphatic carbocycles. The Morgan fingerprint density at radius 3 is 2.17 bits per heavy atom. The zero-order chi connectivity index (χ0) is 26.7. The smallest absolute Gasteiger partial charge is 0.111 e. The molecule has 5 rings (SSSR count). The minimum Gasteiger partial charge on any atom is -0.393 e. The molecule has 1 aliphatic heterocycles. The third-order valence-corrected chi connectivity index (χ3v) is 13.4. The first kappa shape index (κ1) is 27.3. The van der Waals surface area contributed by atoms with Gasteiger partial charge in [0.05, 0.1) is 36.6 Å². The van der Waals surface area contributed by atoms with Crippen LogP contribution in [0.2, 0.25) is 0 Å². The normalized spacial score (nSPS) is 58.0. The molecule has 6 heteroatoms. The van der Waals surface area contributed by atoms with Crippen LogP contribution in [0.3, 0.4) is 0 Å². The summed E-state index contributed by atoms with van der Waals surface area (Å²) in [6, 6.07) is 0. The molecule has 5 fully saturated rings. The van der Waals surface area contributed by atoms with Gasteiger partial charge in [-0.25, -0.2) is 0 Å². The number of rotatable bonds is 3. The maximum atomic E-state index is 11.9. The first-order chi connectivity index (χ1) is 16.5. The summed E-state index contributed by atoms with van der Waals surface area (Å²) >= 11 is 0. The van der Waals surface area contributed by atoms with Gasteiger partial charge in [0.25, 0.3) is 0 Å². The maximum Gasteiger partial charge on any atom is 0.111 e. The van der Waals surface area contributed by atoms with Crippen LogP contribution in [0.15, 0.2) is 0 Å². The molecule has 0 spiro atoms. The monoisotopic (exact) mass is 508 g/mol. The molecule has 5 aliphatic rings. The molecule has 13 unspecified atom stereocenters. The summed E-state index contributed by atoms with van der Waals surface area (Å²) in [6.07, 6.45) is 4.80. The first-order valence-corrected chi connectivity index (χ1v) is 14.5. The number of fused-ring (bicyclic) bond motifs is 5. The lowest BCUT2D eigenvalue weighted by molar-refractivity contribution is -0.275. The highest BCUT2D eigenvalue weighted by Crippen LogP contribution is 2.76. The second-order valence-electron chi connectivity index (χ2n) is 15.5. The Balaban J connectivity index is 1.50. The Labute approximate surface area is 217 Å². The summed E-state index contributed by atoms with van der Waals surface area (Å²) in [7, 11) is 0. The number of aliphatic hydroxyl groups excluding tert-OH is 4. The quantitative estimate of drug-likeness (QED) is 0.398. The highest BCUT2D eigenvalue weighted by Gasteiger charge is 2.73. The van der Waals surface area contributed by atoms with Crippen LogP contribution in [-0.2, 0) is 4.74 Å². The fourth-order valence-electron chi connectivity index (χ4n) is 11.3. The van der Waals surface area contributed by atoms with Crippen molar-refractivity contribution in [3.05, 3.63) is 0 Å². The van der Waals surface area contributed by atoms with E-state index in [1.165, 1.54) is 0 Å². The van der Waals surface area contributed by atoms with E-state index in [4.69, 9.17) is 4.74 Å². The number of hydrogen-bond donors (Lipinski definition) is 5. The van der Waals surface area contributed by atoms with Crippen molar-refractivity contribution in [1.29, 1.82) is 0 Å². The standard InChI is InChI=1S/C30H52O6/c1-25(2)21(34)9-11-26(3)20-14-18(32)23-17(30(7)13-10-22(36-30)29(6,35)16-31)8-12-27(23,4)28(20,5)15-19(33)24(25)26/h17-24,31-35H,8-16H2,1-7H3. The van der Waals surface area contributed by atoms with E-state index in [1.807, 2.05) is 0 Å². The molecule has 0 aromatic carbocycles. The van der Waals surface area contributed by atoms with E-state index >= 15 is 0 Å². The molecule has 4 saturated carbocycles. The highest BCUT2D eigenvalue weighted by atomic mass is 16.5. The SMILES string of the molecule is CC(O)(CO)C1CCC(C)(C2CCC3(C)C2C(O)CC2C4(C)CCC(O)C(C)(C)C4C(O)CC23C)O1. The van der Waals surface area contributed by atoms with Crippen LogP contribution < -0.4 is 0 Å². The lowest BCUT2D eigenvalue weighted by atomic mass is 9.34. The van der Waals surface area contributed by atoms with E-state index in [0.717, 1.165) is 38.5 Å².